The van der Waals surface area contributed by atoms with Crippen LogP contribution in [0, 0.1) is 0 Å². The highest BCUT2D eigenvalue weighted by molar-refractivity contribution is 6.30. The Kier molecular flexibility index (Phi) is 6.80. The molecule has 33 heavy (non-hydrogen) atoms. The summed E-state index contributed by atoms with van der Waals surface area (Å²) in [7, 11) is 0. The van der Waals surface area contributed by atoms with E-state index in [0.717, 1.165) is 17.8 Å². The van der Waals surface area contributed by atoms with Gasteiger partial charge in [-0.1, -0.05) is 11.6 Å². The van der Waals surface area contributed by atoms with Crippen LogP contribution in [0.1, 0.15) is 30.4 Å². The molecule has 1 aliphatic heterocycles. The highest BCUT2D eigenvalue weighted by Gasteiger charge is 2.31. The number of benzene rings is 1. The number of nitrogens with one attached hydrogen (secondary N) is 1. The Bertz CT molecular complexity index is 1100. The molecular weight excluding hydrogens is 465 g/mol. The van der Waals surface area contributed by atoms with Gasteiger partial charge < -0.3 is 19.2 Å². The number of pyridine rings is 1. The minimum Gasteiger partial charge on any atom is -0.482 e. The molecule has 0 bridgehead atoms. The van der Waals surface area contributed by atoms with Crippen molar-refractivity contribution in [2.45, 2.75) is 31.2 Å². The maximum absolute atomic E-state index is 12.7. The van der Waals surface area contributed by atoms with Crippen LogP contribution in [0.2, 0.25) is 5.02 Å². The van der Waals surface area contributed by atoms with Gasteiger partial charge in [0, 0.05) is 16.8 Å². The van der Waals surface area contributed by atoms with Gasteiger partial charge in [-0.3, -0.25) is 9.78 Å². The zero-order valence-electron chi connectivity index (χ0n) is 17.0. The van der Waals surface area contributed by atoms with Gasteiger partial charge in [0.2, 0.25) is 11.8 Å². The van der Waals surface area contributed by atoms with Crippen LogP contribution in [0.15, 0.2) is 47.1 Å². The molecule has 2 atom stereocenters. The number of aromatic nitrogens is 3. The first-order valence-corrected chi connectivity index (χ1v) is 10.3. The summed E-state index contributed by atoms with van der Waals surface area (Å²) in [6.07, 6.45) is -2.03. The average Bonchev–Trinajstić information content (AvgIpc) is 3.29. The second-order valence-electron chi connectivity index (χ2n) is 7.31. The van der Waals surface area contributed by atoms with Gasteiger partial charge in [0.25, 0.3) is 5.91 Å². The molecule has 1 saturated heterocycles. The SMILES string of the molecule is O=C(COc1cncc(C(F)(F)F)c1)N[C@@H]1CC[C@@H](c2nnc(-c3ccc(Cl)cc3)o2)OC1. The number of carbonyl (C=O) groups excluding carboxylic acids is 1. The zero-order chi connectivity index (χ0) is 23.4. The molecule has 0 unspecified atom stereocenters. The summed E-state index contributed by atoms with van der Waals surface area (Å²) in [5.74, 6) is 0.0575. The van der Waals surface area contributed by atoms with E-state index in [2.05, 4.69) is 20.5 Å². The minimum absolute atomic E-state index is 0.146. The van der Waals surface area contributed by atoms with Crippen molar-refractivity contribution in [1.82, 2.24) is 20.5 Å². The molecule has 1 amide bonds. The van der Waals surface area contributed by atoms with Crippen LogP contribution < -0.4 is 10.1 Å². The lowest BCUT2D eigenvalue weighted by atomic mass is 10.0. The van der Waals surface area contributed by atoms with E-state index in [0.29, 0.717) is 35.8 Å². The molecule has 0 saturated carbocycles. The third-order valence-electron chi connectivity index (χ3n) is 4.86. The van der Waals surface area contributed by atoms with Crippen LogP contribution in [0.5, 0.6) is 5.75 Å². The minimum atomic E-state index is -4.54. The molecule has 12 heteroatoms. The van der Waals surface area contributed by atoms with Gasteiger partial charge in [0.05, 0.1) is 24.4 Å². The molecule has 0 spiro atoms. The predicted octanol–water partition coefficient (Wildman–Crippen LogP) is 4.22. The second kappa shape index (κ2) is 9.75. The highest BCUT2D eigenvalue weighted by atomic mass is 35.5. The summed E-state index contributed by atoms with van der Waals surface area (Å²) in [5.41, 5.74) is -0.220. The van der Waals surface area contributed by atoms with Crippen LogP contribution in [-0.4, -0.2) is 40.3 Å². The van der Waals surface area contributed by atoms with E-state index in [9.17, 15) is 18.0 Å². The molecular formula is C21H18ClF3N4O4. The molecule has 1 N–H and O–H groups in total. The van der Waals surface area contributed by atoms with Crippen molar-refractivity contribution in [2.75, 3.05) is 13.2 Å². The largest absolute Gasteiger partial charge is 0.482 e. The first-order chi connectivity index (χ1) is 15.8. The number of rotatable bonds is 6. The number of nitrogens with zero attached hydrogens (tertiary/aromatic N) is 3. The number of ether oxygens (including phenoxy) is 2. The third kappa shape index (κ3) is 5.99. The van der Waals surface area contributed by atoms with Crippen molar-refractivity contribution in [3.05, 3.63) is 59.2 Å². The fraction of sp³-hybridized carbons (Fsp3) is 0.333. The molecule has 3 heterocycles. The van der Waals surface area contributed by atoms with E-state index in [-0.39, 0.29) is 18.4 Å². The Balaban J connectivity index is 1.24. The first kappa shape index (κ1) is 23.0. The molecule has 0 radical (unpaired) electrons. The number of amides is 1. The molecule has 1 aromatic carbocycles. The van der Waals surface area contributed by atoms with Gasteiger partial charge in [0.15, 0.2) is 6.61 Å². The van der Waals surface area contributed by atoms with Crippen LogP contribution >= 0.6 is 11.6 Å². The van der Waals surface area contributed by atoms with Crippen molar-refractivity contribution < 1.29 is 31.9 Å². The van der Waals surface area contributed by atoms with Crippen molar-refractivity contribution >= 4 is 17.5 Å². The second-order valence-corrected chi connectivity index (χ2v) is 7.75. The number of halogens is 4. The topological polar surface area (TPSA) is 99.4 Å². The normalized spacial score (nSPS) is 18.7. The summed E-state index contributed by atoms with van der Waals surface area (Å²) in [6.45, 7) is -0.239. The Morgan fingerprint density at radius 3 is 2.67 bits per heavy atom. The quantitative estimate of drug-likeness (QED) is 0.561. The summed E-state index contributed by atoms with van der Waals surface area (Å²) >= 11 is 5.88. The summed E-state index contributed by atoms with van der Waals surface area (Å²) in [4.78, 5) is 15.6. The lowest BCUT2D eigenvalue weighted by molar-refractivity contribution is -0.137. The molecule has 0 aliphatic carbocycles. The van der Waals surface area contributed by atoms with E-state index >= 15 is 0 Å². The molecule has 3 aromatic rings. The van der Waals surface area contributed by atoms with E-state index < -0.39 is 30.4 Å². The average molecular weight is 483 g/mol. The molecule has 2 aromatic heterocycles. The fourth-order valence-corrected chi connectivity index (χ4v) is 3.33. The lowest BCUT2D eigenvalue weighted by Gasteiger charge is -2.27. The Labute approximate surface area is 191 Å². The molecule has 1 aliphatic rings. The molecule has 1 fully saturated rings. The molecule has 4 rings (SSSR count). The van der Waals surface area contributed by atoms with Crippen LogP contribution in [0.3, 0.4) is 0 Å². The predicted molar refractivity (Wildman–Crippen MR) is 109 cm³/mol. The van der Waals surface area contributed by atoms with Crippen LogP contribution in [-0.2, 0) is 15.7 Å². The third-order valence-corrected chi connectivity index (χ3v) is 5.11. The first-order valence-electron chi connectivity index (χ1n) is 9.93. The summed E-state index contributed by atoms with van der Waals surface area (Å²) in [6, 6.07) is 7.48. The zero-order valence-corrected chi connectivity index (χ0v) is 17.8. The van der Waals surface area contributed by atoms with Crippen LogP contribution in [0.25, 0.3) is 11.5 Å². The van der Waals surface area contributed by atoms with E-state index in [1.54, 1.807) is 24.3 Å². The Hall–Kier alpha value is -3.18. The number of carbonyl (C=O) groups is 1. The highest BCUT2D eigenvalue weighted by Crippen LogP contribution is 2.31. The van der Waals surface area contributed by atoms with Gasteiger partial charge in [-0.05, 0) is 43.2 Å². The van der Waals surface area contributed by atoms with Crippen LogP contribution in [0.4, 0.5) is 13.2 Å². The summed E-state index contributed by atoms with van der Waals surface area (Å²) in [5, 5.41) is 11.4. The number of hydrogen-bond donors (Lipinski definition) is 1. The maximum Gasteiger partial charge on any atom is 0.418 e. The van der Waals surface area contributed by atoms with Gasteiger partial charge in [-0.15, -0.1) is 10.2 Å². The van der Waals surface area contributed by atoms with Crippen molar-refractivity contribution in [3.63, 3.8) is 0 Å². The van der Waals surface area contributed by atoms with Crippen molar-refractivity contribution in [1.29, 1.82) is 0 Å². The number of alkyl halides is 3. The lowest BCUT2D eigenvalue weighted by Crippen LogP contribution is -2.43. The van der Waals surface area contributed by atoms with Crippen molar-refractivity contribution in [2.24, 2.45) is 0 Å². The van der Waals surface area contributed by atoms with E-state index in [1.165, 1.54) is 0 Å². The smallest absolute Gasteiger partial charge is 0.418 e. The molecule has 174 valence electrons. The Morgan fingerprint density at radius 1 is 1.18 bits per heavy atom. The van der Waals surface area contributed by atoms with E-state index in [4.69, 9.17) is 25.5 Å². The summed E-state index contributed by atoms with van der Waals surface area (Å²) < 4.78 is 54.8. The van der Waals surface area contributed by atoms with Gasteiger partial charge in [0.1, 0.15) is 11.9 Å². The number of hydrogen-bond acceptors (Lipinski definition) is 7. The van der Waals surface area contributed by atoms with Crippen molar-refractivity contribution in [3.8, 4) is 17.2 Å². The molecule has 8 nitrogen and oxygen atoms in total. The van der Waals surface area contributed by atoms with E-state index in [1.807, 2.05) is 0 Å². The standard InChI is InChI=1S/C21H18ClF3N4O4/c22-14-3-1-12(2-4-14)19-28-29-20(33-19)17-6-5-15(10-32-17)27-18(30)11-31-16-7-13(8-26-9-16)21(23,24)25/h1-4,7-9,15,17H,5-6,10-11H2,(H,27,30)/t15-,17+/m1/s1. The fourth-order valence-electron chi connectivity index (χ4n) is 3.20. The van der Waals surface area contributed by atoms with Gasteiger partial charge >= 0.3 is 6.18 Å². The maximum atomic E-state index is 12.7. The van der Waals surface area contributed by atoms with Gasteiger partial charge in [-0.2, -0.15) is 13.2 Å². The monoisotopic (exact) mass is 482 g/mol. The Morgan fingerprint density at radius 2 is 1.97 bits per heavy atom. The van der Waals surface area contributed by atoms with Gasteiger partial charge in [-0.25, -0.2) is 0 Å².